The lowest BCUT2D eigenvalue weighted by Crippen LogP contribution is -1.93. The van der Waals surface area contributed by atoms with Crippen LogP contribution in [0.25, 0.3) is 33.1 Å². The zero-order valence-corrected chi connectivity index (χ0v) is 13.7. The molecular formula is C17H12Cl2N4. The molecule has 0 aliphatic rings. The van der Waals surface area contributed by atoms with Gasteiger partial charge in [0.05, 0.1) is 21.2 Å². The van der Waals surface area contributed by atoms with Gasteiger partial charge in [-0.15, -0.1) is 10.2 Å². The Hall–Kier alpha value is -2.30. The maximum atomic E-state index is 6.38. The van der Waals surface area contributed by atoms with Gasteiger partial charge in [0, 0.05) is 29.8 Å². The van der Waals surface area contributed by atoms with Gasteiger partial charge in [0.25, 0.3) is 0 Å². The third kappa shape index (κ3) is 2.06. The van der Waals surface area contributed by atoms with E-state index in [0.717, 1.165) is 27.5 Å². The van der Waals surface area contributed by atoms with E-state index >= 15 is 0 Å². The second kappa shape index (κ2) is 5.11. The van der Waals surface area contributed by atoms with Gasteiger partial charge < -0.3 is 10.3 Å². The van der Waals surface area contributed by atoms with Gasteiger partial charge in [-0.3, -0.25) is 0 Å². The molecular weight excluding hydrogens is 331 g/mol. The van der Waals surface area contributed by atoms with Crippen molar-refractivity contribution in [1.29, 1.82) is 0 Å². The lowest BCUT2D eigenvalue weighted by molar-refractivity contribution is 0.971. The van der Waals surface area contributed by atoms with E-state index in [4.69, 9.17) is 28.9 Å². The van der Waals surface area contributed by atoms with E-state index in [1.54, 1.807) is 6.07 Å². The highest BCUT2D eigenvalue weighted by atomic mass is 35.5. The number of benzene rings is 2. The van der Waals surface area contributed by atoms with Crippen LogP contribution >= 0.6 is 23.2 Å². The third-order valence-electron chi connectivity index (χ3n) is 3.97. The lowest BCUT2D eigenvalue weighted by atomic mass is 10.0. The van der Waals surface area contributed by atoms with Crippen molar-refractivity contribution in [3.63, 3.8) is 0 Å². The first-order chi connectivity index (χ1) is 11.1. The van der Waals surface area contributed by atoms with Crippen molar-refractivity contribution in [3.05, 3.63) is 52.6 Å². The maximum Gasteiger partial charge on any atom is 0.134 e. The molecule has 0 aliphatic heterocycles. The van der Waals surface area contributed by atoms with E-state index in [9.17, 15) is 0 Å². The minimum absolute atomic E-state index is 0.509. The van der Waals surface area contributed by atoms with Crippen LogP contribution in [0.4, 0.5) is 5.69 Å². The summed E-state index contributed by atoms with van der Waals surface area (Å²) in [6.45, 7) is 0. The van der Waals surface area contributed by atoms with Crippen LogP contribution in [0.3, 0.4) is 0 Å². The van der Waals surface area contributed by atoms with Gasteiger partial charge in [0.2, 0.25) is 0 Å². The molecule has 6 heteroatoms. The molecule has 2 heterocycles. The first-order valence-electron chi connectivity index (χ1n) is 7.02. The van der Waals surface area contributed by atoms with Gasteiger partial charge >= 0.3 is 0 Å². The molecule has 0 atom stereocenters. The summed E-state index contributed by atoms with van der Waals surface area (Å²) in [6.07, 6.45) is 1.85. The Balaban J connectivity index is 2.14. The van der Waals surface area contributed by atoms with Gasteiger partial charge in [-0.25, -0.2) is 0 Å². The molecule has 4 rings (SSSR count). The monoisotopic (exact) mass is 342 g/mol. The SMILES string of the molecule is Cn1cc(N)c2nnc3c(-c4cccc(Cl)c4Cl)cccc3c21. The van der Waals surface area contributed by atoms with E-state index in [1.165, 1.54) is 0 Å². The zero-order valence-electron chi connectivity index (χ0n) is 12.2. The van der Waals surface area contributed by atoms with Crippen molar-refractivity contribution in [2.45, 2.75) is 0 Å². The molecule has 0 aliphatic carbocycles. The maximum absolute atomic E-state index is 6.38. The Morgan fingerprint density at radius 2 is 1.65 bits per heavy atom. The van der Waals surface area contributed by atoms with E-state index in [2.05, 4.69) is 10.2 Å². The number of aromatic nitrogens is 3. The molecule has 0 radical (unpaired) electrons. The Morgan fingerprint density at radius 3 is 2.48 bits per heavy atom. The van der Waals surface area contributed by atoms with Crippen LogP contribution in [0.5, 0.6) is 0 Å². The number of nitrogen functional groups attached to an aromatic ring is 1. The smallest absolute Gasteiger partial charge is 0.134 e. The third-order valence-corrected chi connectivity index (χ3v) is 4.78. The summed E-state index contributed by atoms with van der Waals surface area (Å²) in [6, 6.07) is 11.5. The highest BCUT2D eigenvalue weighted by Gasteiger charge is 2.15. The summed E-state index contributed by atoms with van der Waals surface area (Å²) in [5.41, 5.74) is 10.8. The second-order valence-corrected chi connectivity index (χ2v) is 6.18. The Bertz CT molecular complexity index is 1070. The molecule has 0 bridgehead atoms. The average Bonchev–Trinajstić information content (AvgIpc) is 2.84. The first-order valence-corrected chi connectivity index (χ1v) is 7.78. The van der Waals surface area contributed by atoms with Gasteiger partial charge in [0.1, 0.15) is 11.0 Å². The lowest BCUT2D eigenvalue weighted by Gasteiger charge is -2.09. The molecule has 0 fully saturated rings. The number of nitrogens with two attached hydrogens (primary N) is 1. The van der Waals surface area contributed by atoms with Crippen LogP contribution in [0.2, 0.25) is 10.0 Å². The Morgan fingerprint density at radius 1 is 0.957 bits per heavy atom. The Kier molecular flexibility index (Phi) is 3.18. The van der Waals surface area contributed by atoms with Crippen LogP contribution in [0.1, 0.15) is 0 Å². The van der Waals surface area contributed by atoms with E-state index < -0.39 is 0 Å². The van der Waals surface area contributed by atoms with Crippen molar-refractivity contribution in [1.82, 2.24) is 14.8 Å². The van der Waals surface area contributed by atoms with Crippen molar-refractivity contribution in [3.8, 4) is 11.1 Å². The van der Waals surface area contributed by atoms with Crippen LogP contribution in [0.15, 0.2) is 42.6 Å². The molecule has 0 saturated heterocycles. The molecule has 4 nitrogen and oxygen atoms in total. The van der Waals surface area contributed by atoms with Crippen LogP contribution in [-0.4, -0.2) is 14.8 Å². The topological polar surface area (TPSA) is 56.7 Å². The normalized spacial score (nSPS) is 11.4. The van der Waals surface area contributed by atoms with Gasteiger partial charge in [0.15, 0.2) is 0 Å². The summed E-state index contributed by atoms with van der Waals surface area (Å²) in [5, 5.41) is 10.7. The molecule has 0 saturated carbocycles. The zero-order chi connectivity index (χ0) is 16.1. The van der Waals surface area contributed by atoms with Gasteiger partial charge in [-0.05, 0) is 6.07 Å². The summed E-state index contributed by atoms with van der Waals surface area (Å²) < 4.78 is 1.96. The quantitative estimate of drug-likeness (QED) is 0.546. The largest absolute Gasteiger partial charge is 0.396 e. The van der Waals surface area contributed by atoms with Crippen molar-refractivity contribution < 1.29 is 0 Å². The second-order valence-electron chi connectivity index (χ2n) is 5.40. The minimum Gasteiger partial charge on any atom is -0.396 e. The molecule has 0 amide bonds. The number of halogens is 2. The molecule has 2 aromatic heterocycles. The number of nitrogens with zero attached hydrogens (tertiary/aromatic N) is 3. The minimum atomic E-state index is 0.509. The molecule has 114 valence electrons. The standard InChI is InChI=1S/C17H12Cl2N4/c1-23-8-13(20)16-17(23)11-6-2-5-10(15(11)21-22-16)9-4-3-7-12(18)14(9)19/h2-8H,20H2,1H3. The summed E-state index contributed by atoms with van der Waals surface area (Å²) in [7, 11) is 1.94. The fraction of sp³-hybridized carbons (Fsp3) is 0.0588. The number of aryl methyl sites for hydroxylation is 1. The predicted molar refractivity (Wildman–Crippen MR) is 95.9 cm³/mol. The number of anilines is 1. The highest BCUT2D eigenvalue weighted by Crippen LogP contribution is 2.38. The van der Waals surface area contributed by atoms with E-state index in [1.807, 2.05) is 48.1 Å². The van der Waals surface area contributed by atoms with Gasteiger partial charge in [-0.2, -0.15) is 0 Å². The number of fused-ring (bicyclic) bond motifs is 3. The van der Waals surface area contributed by atoms with Crippen LogP contribution in [-0.2, 0) is 7.05 Å². The first kappa shape index (κ1) is 14.3. The molecule has 2 aromatic carbocycles. The molecule has 23 heavy (non-hydrogen) atoms. The van der Waals surface area contributed by atoms with E-state index in [0.29, 0.717) is 21.2 Å². The molecule has 4 aromatic rings. The fourth-order valence-electron chi connectivity index (χ4n) is 2.93. The number of rotatable bonds is 1. The van der Waals surface area contributed by atoms with Crippen molar-refractivity contribution in [2.24, 2.45) is 7.05 Å². The Labute approximate surface area is 142 Å². The van der Waals surface area contributed by atoms with Crippen molar-refractivity contribution in [2.75, 3.05) is 5.73 Å². The summed E-state index contributed by atoms with van der Waals surface area (Å²) in [5.74, 6) is 0. The molecule has 0 unspecified atom stereocenters. The average molecular weight is 343 g/mol. The summed E-state index contributed by atoms with van der Waals surface area (Å²) in [4.78, 5) is 0. The number of hydrogen-bond donors (Lipinski definition) is 1. The van der Waals surface area contributed by atoms with Crippen molar-refractivity contribution >= 4 is 50.8 Å². The fourth-order valence-corrected chi connectivity index (χ4v) is 3.33. The predicted octanol–water partition coefficient (Wildman–Crippen LogP) is 4.68. The van der Waals surface area contributed by atoms with Crippen LogP contribution in [0, 0.1) is 0 Å². The molecule has 2 N–H and O–H groups in total. The number of hydrogen-bond acceptors (Lipinski definition) is 3. The van der Waals surface area contributed by atoms with Crippen LogP contribution < -0.4 is 5.73 Å². The summed E-state index contributed by atoms with van der Waals surface area (Å²) >= 11 is 12.5. The van der Waals surface area contributed by atoms with E-state index in [-0.39, 0.29) is 0 Å². The highest BCUT2D eigenvalue weighted by molar-refractivity contribution is 6.44. The molecule has 0 spiro atoms. The van der Waals surface area contributed by atoms with Gasteiger partial charge in [-0.1, -0.05) is 53.5 Å².